The molecule has 0 radical (unpaired) electrons. The number of thioether (sulfide) groups is 1. The van der Waals surface area contributed by atoms with E-state index in [0.29, 0.717) is 6.54 Å². The summed E-state index contributed by atoms with van der Waals surface area (Å²) in [4.78, 5) is 14.0. The van der Waals surface area contributed by atoms with E-state index in [1.807, 2.05) is 42.1 Å². The normalized spacial score (nSPS) is 15.5. The molecule has 24 heavy (non-hydrogen) atoms. The number of hydrazone groups is 1. The second-order valence-corrected chi connectivity index (χ2v) is 6.89. The number of carbonyl (C=O) groups excluding carboxylic acids is 1. The largest absolute Gasteiger partial charge is 0.293 e. The van der Waals surface area contributed by atoms with E-state index in [1.165, 1.54) is 11.1 Å². The van der Waals surface area contributed by atoms with E-state index in [2.05, 4.69) is 39.7 Å². The summed E-state index contributed by atoms with van der Waals surface area (Å²) < 4.78 is 0. The summed E-state index contributed by atoms with van der Waals surface area (Å²) >= 11 is 1.94. The summed E-state index contributed by atoms with van der Waals surface area (Å²) in [5.74, 6) is 2.15. The number of nitrogens with zero attached hydrogens (tertiary/aromatic N) is 2. The maximum atomic E-state index is 11.9. The minimum atomic E-state index is -0.0564. The first-order valence-corrected chi connectivity index (χ1v) is 9.24. The van der Waals surface area contributed by atoms with Crippen molar-refractivity contribution in [3.8, 4) is 11.1 Å². The van der Waals surface area contributed by atoms with Gasteiger partial charge in [0.05, 0.1) is 12.8 Å². The van der Waals surface area contributed by atoms with Gasteiger partial charge in [-0.15, -0.1) is 0 Å². The molecule has 1 saturated heterocycles. The van der Waals surface area contributed by atoms with Crippen molar-refractivity contribution in [2.24, 2.45) is 5.10 Å². The zero-order chi connectivity index (χ0) is 16.6. The molecule has 0 aliphatic carbocycles. The molecule has 0 bridgehead atoms. The summed E-state index contributed by atoms with van der Waals surface area (Å²) in [5, 5.41) is 4.05. The van der Waals surface area contributed by atoms with Crippen LogP contribution in [0.3, 0.4) is 0 Å². The molecule has 1 amide bonds. The maximum absolute atomic E-state index is 11.9. The highest BCUT2D eigenvalue weighted by Gasteiger charge is 2.13. The molecular weight excluding hydrogens is 318 g/mol. The fourth-order valence-electron chi connectivity index (χ4n) is 2.57. The van der Waals surface area contributed by atoms with Crippen LogP contribution in [0.5, 0.6) is 0 Å². The van der Waals surface area contributed by atoms with Crippen LogP contribution in [0, 0.1) is 0 Å². The predicted molar refractivity (Wildman–Crippen MR) is 101 cm³/mol. The summed E-state index contributed by atoms with van der Waals surface area (Å²) in [6.07, 6.45) is 1.68. The number of nitrogens with one attached hydrogen (secondary N) is 1. The van der Waals surface area contributed by atoms with Crippen LogP contribution in [0.4, 0.5) is 0 Å². The van der Waals surface area contributed by atoms with Crippen LogP contribution in [-0.4, -0.2) is 48.2 Å². The van der Waals surface area contributed by atoms with Crippen molar-refractivity contribution in [1.82, 2.24) is 10.3 Å². The molecule has 0 spiro atoms. The number of rotatable bonds is 5. The molecule has 2 aromatic carbocycles. The first-order valence-electron chi connectivity index (χ1n) is 8.09. The van der Waals surface area contributed by atoms with Gasteiger partial charge in [-0.2, -0.15) is 16.9 Å². The third kappa shape index (κ3) is 4.94. The van der Waals surface area contributed by atoms with E-state index in [4.69, 9.17) is 0 Å². The predicted octanol–water partition coefficient (Wildman–Crippen LogP) is 2.85. The molecular formula is C19H21N3OS. The zero-order valence-corrected chi connectivity index (χ0v) is 14.3. The van der Waals surface area contributed by atoms with E-state index >= 15 is 0 Å². The van der Waals surface area contributed by atoms with E-state index in [9.17, 15) is 4.79 Å². The van der Waals surface area contributed by atoms with Crippen LogP contribution < -0.4 is 5.43 Å². The number of hydrogen-bond acceptors (Lipinski definition) is 4. The SMILES string of the molecule is O=C(CN1CCSCC1)N/N=C/c1ccc(-c2ccccc2)cc1. The van der Waals surface area contributed by atoms with E-state index in [0.717, 1.165) is 30.2 Å². The van der Waals surface area contributed by atoms with Crippen LogP contribution in [0.1, 0.15) is 5.56 Å². The standard InChI is InChI=1S/C19H21N3OS/c23-19(15-22-10-12-24-13-11-22)21-20-14-16-6-8-18(9-7-16)17-4-2-1-3-5-17/h1-9,14H,10-13,15H2,(H,21,23)/b20-14+. The molecule has 0 saturated carbocycles. The first-order chi connectivity index (χ1) is 11.8. The van der Waals surface area contributed by atoms with Gasteiger partial charge < -0.3 is 0 Å². The lowest BCUT2D eigenvalue weighted by Gasteiger charge is -2.24. The van der Waals surface area contributed by atoms with Gasteiger partial charge in [-0.25, -0.2) is 5.43 Å². The molecule has 1 fully saturated rings. The highest BCUT2D eigenvalue weighted by atomic mass is 32.2. The Kier molecular flexibility index (Phi) is 6.04. The molecule has 5 heteroatoms. The Balaban J connectivity index is 1.50. The Morgan fingerprint density at radius 3 is 2.42 bits per heavy atom. The van der Waals surface area contributed by atoms with Gasteiger partial charge in [-0.05, 0) is 16.7 Å². The molecule has 1 aliphatic rings. The third-order valence-electron chi connectivity index (χ3n) is 3.89. The fraction of sp³-hybridized carbons (Fsp3) is 0.263. The van der Waals surface area contributed by atoms with Gasteiger partial charge in [0, 0.05) is 24.6 Å². The van der Waals surface area contributed by atoms with Crippen molar-refractivity contribution >= 4 is 23.9 Å². The fourth-order valence-corrected chi connectivity index (χ4v) is 3.55. The summed E-state index contributed by atoms with van der Waals surface area (Å²) in [6, 6.07) is 18.4. The van der Waals surface area contributed by atoms with Crippen molar-refractivity contribution in [2.45, 2.75) is 0 Å². The molecule has 0 aromatic heterocycles. The molecule has 0 unspecified atom stereocenters. The van der Waals surface area contributed by atoms with Crippen molar-refractivity contribution in [3.05, 3.63) is 60.2 Å². The van der Waals surface area contributed by atoms with Gasteiger partial charge in [-0.1, -0.05) is 54.6 Å². The van der Waals surface area contributed by atoms with Gasteiger partial charge in [0.2, 0.25) is 0 Å². The Hall–Kier alpha value is -2.11. The van der Waals surface area contributed by atoms with Crippen molar-refractivity contribution in [2.75, 3.05) is 31.1 Å². The number of hydrogen-bond donors (Lipinski definition) is 1. The molecule has 2 aromatic rings. The Morgan fingerprint density at radius 1 is 1.04 bits per heavy atom. The Labute approximate surface area is 146 Å². The molecule has 1 N–H and O–H groups in total. The molecule has 1 heterocycles. The topological polar surface area (TPSA) is 44.7 Å². The van der Waals surface area contributed by atoms with Crippen LogP contribution in [0.25, 0.3) is 11.1 Å². The molecule has 4 nitrogen and oxygen atoms in total. The number of amides is 1. The average Bonchev–Trinajstić information content (AvgIpc) is 2.64. The Morgan fingerprint density at radius 2 is 1.71 bits per heavy atom. The molecule has 3 rings (SSSR count). The molecule has 124 valence electrons. The summed E-state index contributed by atoms with van der Waals surface area (Å²) in [5.41, 5.74) is 5.92. The lowest BCUT2D eigenvalue weighted by atomic mass is 10.0. The van der Waals surface area contributed by atoms with Gasteiger partial charge in [0.15, 0.2) is 0 Å². The maximum Gasteiger partial charge on any atom is 0.254 e. The lowest BCUT2D eigenvalue weighted by molar-refractivity contribution is -0.122. The second kappa shape index (κ2) is 8.66. The van der Waals surface area contributed by atoms with E-state index in [1.54, 1.807) is 6.21 Å². The first kappa shape index (κ1) is 16.7. The zero-order valence-electron chi connectivity index (χ0n) is 13.5. The molecule has 0 atom stereocenters. The van der Waals surface area contributed by atoms with Gasteiger partial charge in [0.25, 0.3) is 5.91 Å². The monoisotopic (exact) mass is 339 g/mol. The quantitative estimate of drug-likeness (QED) is 0.673. The minimum absolute atomic E-state index is 0.0564. The van der Waals surface area contributed by atoms with Gasteiger partial charge >= 0.3 is 0 Å². The lowest BCUT2D eigenvalue weighted by Crippen LogP contribution is -2.40. The number of benzene rings is 2. The van der Waals surface area contributed by atoms with Crippen molar-refractivity contribution in [3.63, 3.8) is 0 Å². The van der Waals surface area contributed by atoms with Crippen LogP contribution in [-0.2, 0) is 4.79 Å². The van der Waals surface area contributed by atoms with Gasteiger partial charge in [-0.3, -0.25) is 9.69 Å². The van der Waals surface area contributed by atoms with Crippen molar-refractivity contribution < 1.29 is 4.79 Å². The summed E-state index contributed by atoms with van der Waals surface area (Å²) in [7, 11) is 0. The smallest absolute Gasteiger partial charge is 0.254 e. The highest BCUT2D eigenvalue weighted by molar-refractivity contribution is 7.99. The minimum Gasteiger partial charge on any atom is -0.293 e. The second-order valence-electron chi connectivity index (χ2n) is 5.67. The third-order valence-corrected chi connectivity index (χ3v) is 4.83. The van der Waals surface area contributed by atoms with Crippen LogP contribution >= 0.6 is 11.8 Å². The van der Waals surface area contributed by atoms with E-state index in [-0.39, 0.29) is 5.91 Å². The molecule has 1 aliphatic heterocycles. The van der Waals surface area contributed by atoms with Crippen molar-refractivity contribution in [1.29, 1.82) is 0 Å². The van der Waals surface area contributed by atoms with E-state index < -0.39 is 0 Å². The van der Waals surface area contributed by atoms with Crippen LogP contribution in [0.2, 0.25) is 0 Å². The Bertz CT molecular complexity index is 680. The summed E-state index contributed by atoms with van der Waals surface area (Å²) in [6.45, 7) is 2.37. The average molecular weight is 339 g/mol. The highest BCUT2D eigenvalue weighted by Crippen LogP contribution is 2.18. The van der Waals surface area contributed by atoms with Gasteiger partial charge in [0.1, 0.15) is 0 Å². The van der Waals surface area contributed by atoms with Crippen LogP contribution in [0.15, 0.2) is 59.7 Å². The number of carbonyl (C=O) groups is 1.